The number of hydrogen-bond acceptors (Lipinski definition) is 3. The van der Waals surface area contributed by atoms with Crippen LogP contribution in [0.25, 0.3) is 10.9 Å². The zero-order valence-electron chi connectivity index (χ0n) is 17.7. The molecule has 2 amide bonds. The molecule has 0 unspecified atom stereocenters. The van der Waals surface area contributed by atoms with Crippen LogP contribution in [0, 0.1) is 19.7 Å². The molecule has 0 aliphatic carbocycles. The number of H-pyrrole nitrogens is 1. The summed E-state index contributed by atoms with van der Waals surface area (Å²) >= 11 is 0. The van der Waals surface area contributed by atoms with Gasteiger partial charge in [0.15, 0.2) is 0 Å². The van der Waals surface area contributed by atoms with Gasteiger partial charge in [-0.3, -0.25) is 4.79 Å². The van der Waals surface area contributed by atoms with E-state index in [-0.39, 0.29) is 30.1 Å². The van der Waals surface area contributed by atoms with Gasteiger partial charge < -0.3 is 19.9 Å². The summed E-state index contributed by atoms with van der Waals surface area (Å²) in [6, 6.07) is 11.1. The van der Waals surface area contributed by atoms with E-state index < -0.39 is 0 Å². The molecule has 6 nitrogen and oxygen atoms in total. The van der Waals surface area contributed by atoms with Crippen LogP contribution in [0.4, 0.5) is 14.9 Å². The number of pyridine rings is 1. The smallest absolute Gasteiger partial charge is 0.322 e. The van der Waals surface area contributed by atoms with Crippen molar-refractivity contribution in [2.45, 2.75) is 39.3 Å². The van der Waals surface area contributed by atoms with Crippen LogP contribution >= 0.6 is 0 Å². The molecule has 31 heavy (non-hydrogen) atoms. The third-order valence-electron chi connectivity index (χ3n) is 5.82. The Bertz CT molecular complexity index is 1150. The minimum atomic E-state index is -0.373. The number of aryl methyl sites for hydroxylation is 2. The van der Waals surface area contributed by atoms with Crippen molar-refractivity contribution >= 4 is 22.6 Å². The van der Waals surface area contributed by atoms with E-state index >= 15 is 0 Å². The molecule has 1 aliphatic heterocycles. The normalized spacial score (nSPS) is 15.9. The Labute approximate surface area is 180 Å². The van der Waals surface area contributed by atoms with Crippen LogP contribution in [-0.2, 0) is 11.3 Å². The predicted octanol–water partition coefficient (Wildman–Crippen LogP) is 4.50. The van der Waals surface area contributed by atoms with Gasteiger partial charge in [0.05, 0.1) is 18.2 Å². The van der Waals surface area contributed by atoms with Crippen molar-refractivity contribution in [3.05, 3.63) is 75.3 Å². The predicted molar refractivity (Wildman–Crippen MR) is 119 cm³/mol. The number of anilines is 1. The average molecular weight is 423 g/mol. The molecule has 0 bridgehead atoms. The number of rotatable bonds is 5. The quantitative estimate of drug-likeness (QED) is 0.635. The number of aromatic nitrogens is 1. The third kappa shape index (κ3) is 4.77. The van der Waals surface area contributed by atoms with E-state index in [2.05, 4.69) is 10.3 Å². The summed E-state index contributed by atoms with van der Waals surface area (Å²) in [6.45, 7) is 5.17. The fraction of sp³-hybridized carbons (Fsp3) is 0.333. The summed E-state index contributed by atoms with van der Waals surface area (Å²) in [5.41, 5.74) is 3.73. The zero-order chi connectivity index (χ0) is 22.0. The Morgan fingerprint density at radius 1 is 1.23 bits per heavy atom. The topological polar surface area (TPSA) is 74.4 Å². The number of ether oxygens (including phenoxy) is 1. The van der Waals surface area contributed by atoms with Crippen LogP contribution in [0.2, 0.25) is 0 Å². The van der Waals surface area contributed by atoms with Gasteiger partial charge in [0.2, 0.25) is 0 Å². The lowest BCUT2D eigenvalue weighted by Crippen LogP contribution is -2.40. The van der Waals surface area contributed by atoms with Crippen molar-refractivity contribution in [2.24, 2.45) is 0 Å². The number of aromatic amines is 1. The highest BCUT2D eigenvalue weighted by Crippen LogP contribution is 2.21. The van der Waals surface area contributed by atoms with Gasteiger partial charge in [-0.2, -0.15) is 0 Å². The number of carbonyl (C=O) groups is 1. The first-order valence-corrected chi connectivity index (χ1v) is 10.5. The zero-order valence-corrected chi connectivity index (χ0v) is 17.7. The van der Waals surface area contributed by atoms with Crippen LogP contribution in [0.3, 0.4) is 0 Å². The van der Waals surface area contributed by atoms with Crippen LogP contribution in [0.1, 0.15) is 29.5 Å². The Hall–Kier alpha value is -3.19. The lowest BCUT2D eigenvalue weighted by Gasteiger charge is -2.26. The lowest BCUT2D eigenvalue weighted by molar-refractivity contribution is 0.0818. The molecule has 3 aromatic rings. The standard InChI is InChI=1S/C24H26FN3O3/c1-15-5-6-17-12-18(23(29)27-22(17)16(15)2)13-28(14-21-4-3-11-31-21)24(30)26-20-9-7-19(25)8-10-20/h5-10,12,21H,3-4,11,13-14H2,1-2H3,(H,26,30)(H,27,29)/t21-/m0/s1. The van der Waals surface area contributed by atoms with Crippen molar-refractivity contribution in [3.63, 3.8) is 0 Å². The number of fused-ring (bicyclic) bond motifs is 1. The van der Waals surface area contributed by atoms with E-state index in [0.717, 1.165) is 34.9 Å². The number of urea groups is 1. The second-order valence-electron chi connectivity index (χ2n) is 8.05. The number of benzene rings is 2. The molecular weight excluding hydrogens is 397 g/mol. The van der Waals surface area contributed by atoms with Gasteiger partial charge in [-0.05, 0) is 73.5 Å². The van der Waals surface area contributed by atoms with E-state index in [1.807, 2.05) is 32.0 Å². The molecule has 2 aromatic carbocycles. The van der Waals surface area contributed by atoms with Gasteiger partial charge in [0.1, 0.15) is 5.82 Å². The molecule has 0 spiro atoms. The molecule has 1 saturated heterocycles. The maximum atomic E-state index is 13.2. The van der Waals surface area contributed by atoms with Gasteiger partial charge in [-0.25, -0.2) is 9.18 Å². The van der Waals surface area contributed by atoms with E-state index in [0.29, 0.717) is 24.4 Å². The minimum absolute atomic E-state index is 0.0663. The molecular formula is C24H26FN3O3. The fourth-order valence-electron chi connectivity index (χ4n) is 3.88. The van der Waals surface area contributed by atoms with Crippen LogP contribution in [-0.4, -0.2) is 35.2 Å². The number of nitrogens with one attached hydrogen (secondary N) is 2. The SMILES string of the molecule is Cc1ccc2cc(CN(C[C@@H]3CCCO3)C(=O)Nc3ccc(F)cc3)c(=O)[nH]c2c1C. The maximum absolute atomic E-state index is 13.2. The fourth-order valence-corrected chi connectivity index (χ4v) is 3.88. The number of halogens is 1. The van der Waals surface area contributed by atoms with E-state index in [9.17, 15) is 14.0 Å². The molecule has 4 rings (SSSR count). The number of nitrogens with zero attached hydrogens (tertiary/aromatic N) is 1. The molecule has 2 N–H and O–H groups in total. The van der Waals surface area contributed by atoms with Crippen molar-refractivity contribution < 1.29 is 13.9 Å². The van der Waals surface area contributed by atoms with E-state index in [1.54, 1.807) is 4.90 Å². The molecule has 7 heteroatoms. The molecule has 1 atom stereocenters. The minimum Gasteiger partial charge on any atom is -0.376 e. The summed E-state index contributed by atoms with van der Waals surface area (Å²) in [5, 5.41) is 3.71. The molecule has 1 fully saturated rings. The Morgan fingerprint density at radius 3 is 2.71 bits per heavy atom. The largest absolute Gasteiger partial charge is 0.376 e. The van der Waals surface area contributed by atoms with Gasteiger partial charge in [0, 0.05) is 24.4 Å². The lowest BCUT2D eigenvalue weighted by atomic mass is 10.0. The van der Waals surface area contributed by atoms with E-state index in [1.165, 1.54) is 24.3 Å². The Kier molecular flexibility index (Phi) is 6.04. The van der Waals surface area contributed by atoms with Crippen LogP contribution < -0.4 is 10.9 Å². The number of carbonyl (C=O) groups excluding carboxylic acids is 1. The van der Waals surface area contributed by atoms with Gasteiger partial charge in [0.25, 0.3) is 5.56 Å². The monoisotopic (exact) mass is 423 g/mol. The molecule has 1 aromatic heterocycles. The first-order valence-electron chi connectivity index (χ1n) is 10.5. The van der Waals surface area contributed by atoms with Crippen molar-refractivity contribution in [1.29, 1.82) is 0 Å². The molecule has 1 aliphatic rings. The summed E-state index contributed by atoms with van der Waals surface area (Å²) < 4.78 is 18.9. The van der Waals surface area contributed by atoms with Crippen molar-refractivity contribution in [3.8, 4) is 0 Å². The molecule has 162 valence electrons. The molecule has 0 saturated carbocycles. The maximum Gasteiger partial charge on any atom is 0.322 e. The number of hydrogen-bond donors (Lipinski definition) is 2. The summed E-state index contributed by atoms with van der Waals surface area (Å²) in [6.07, 6.45) is 1.75. The summed E-state index contributed by atoms with van der Waals surface area (Å²) in [7, 11) is 0. The average Bonchev–Trinajstić information content (AvgIpc) is 3.26. The highest BCUT2D eigenvalue weighted by Gasteiger charge is 2.24. The van der Waals surface area contributed by atoms with Crippen molar-refractivity contribution in [1.82, 2.24) is 9.88 Å². The second kappa shape index (κ2) is 8.89. The first-order chi connectivity index (χ1) is 14.9. The summed E-state index contributed by atoms with van der Waals surface area (Å²) in [5.74, 6) is -0.373. The number of amides is 2. The highest BCUT2D eigenvalue weighted by atomic mass is 19.1. The second-order valence-corrected chi connectivity index (χ2v) is 8.05. The van der Waals surface area contributed by atoms with Crippen molar-refractivity contribution in [2.75, 3.05) is 18.5 Å². The van der Waals surface area contributed by atoms with Crippen LogP contribution in [0.15, 0.2) is 47.3 Å². The molecule has 2 heterocycles. The molecule has 0 radical (unpaired) electrons. The van der Waals surface area contributed by atoms with Gasteiger partial charge >= 0.3 is 6.03 Å². The summed E-state index contributed by atoms with van der Waals surface area (Å²) in [4.78, 5) is 30.4. The van der Waals surface area contributed by atoms with E-state index in [4.69, 9.17) is 4.74 Å². The Balaban J connectivity index is 1.61. The van der Waals surface area contributed by atoms with Gasteiger partial charge in [-0.15, -0.1) is 0 Å². The van der Waals surface area contributed by atoms with Gasteiger partial charge in [-0.1, -0.05) is 12.1 Å². The Morgan fingerprint density at radius 2 is 2.00 bits per heavy atom. The highest BCUT2D eigenvalue weighted by molar-refractivity contribution is 5.89. The third-order valence-corrected chi connectivity index (χ3v) is 5.82. The van der Waals surface area contributed by atoms with Crippen LogP contribution in [0.5, 0.6) is 0 Å². The first kappa shape index (κ1) is 21.1.